The van der Waals surface area contributed by atoms with Crippen molar-refractivity contribution in [3.05, 3.63) is 0 Å². The van der Waals surface area contributed by atoms with Gasteiger partial charge in [0.25, 0.3) is 0 Å². The van der Waals surface area contributed by atoms with Gasteiger partial charge in [-0.25, -0.2) is 4.79 Å². The van der Waals surface area contributed by atoms with Gasteiger partial charge in [-0.15, -0.1) is 0 Å². The van der Waals surface area contributed by atoms with Crippen LogP contribution in [0.3, 0.4) is 0 Å². The van der Waals surface area contributed by atoms with Crippen LogP contribution in [0.15, 0.2) is 0 Å². The molecule has 1 saturated heterocycles. The minimum atomic E-state index is -0.500. The Morgan fingerprint density at radius 3 is 2.00 bits per heavy atom. The van der Waals surface area contributed by atoms with Gasteiger partial charge in [-0.05, 0) is 48.5 Å². The van der Waals surface area contributed by atoms with Gasteiger partial charge >= 0.3 is 13.2 Å². The van der Waals surface area contributed by atoms with E-state index in [1.165, 1.54) is 0 Å². The van der Waals surface area contributed by atoms with E-state index in [9.17, 15) is 4.79 Å². The molecule has 0 unspecified atom stereocenters. The van der Waals surface area contributed by atoms with Gasteiger partial charge in [0.15, 0.2) is 0 Å². The normalized spacial score (nSPS) is 21.8. The topological polar surface area (TPSA) is 56.8 Å². The quantitative estimate of drug-likeness (QED) is 0.770. The molecule has 0 radical (unpaired) electrons. The van der Waals surface area contributed by atoms with Gasteiger partial charge in [0.05, 0.1) is 17.6 Å². The maximum absolute atomic E-state index is 11.5. The summed E-state index contributed by atoms with van der Waals surface area (Å²) in [5, 5.41) is 2.65. The molecule has 1 N–H and O–H groups in total. The lowest BCUT2D eigenvalue weighted by Crippen LogP contribution is -2.41. The van der Waals surface area contributed by atoms with E-state index in [1.807, 2.05) is 48.5 Å². The van der Waals surface area contributed by atoms with Crippen molar-refractivity contribution >= 4 is 13.2 Å². The zero-order chi connectivity index (χ0) is 14.2. The van der Waals surface area contributed by atoms with Crippen molar-refractivity contribution in [3.63, 3.8) is 0 Å². The molecular weight excluding hydrogens is 233 g/mol. The number of carbonyl (C=O) groups is 1. The van der Waals surface area contributed by atoms with Gasteiger partial charge in [-0.3, -0.25) is 0 Å². The van der Waals surface area contributed by atoms with Crippen LogP contribution in [-0.4, -0.2) is 36.5 Å². The fourth-order valence-electron chi connectivity index (χ4n) is 1.53. The fraction of sp³-hybridized carbons (Fsp3) is 0.917. The zero-order valence-corrected chi connectivity index (χ0v) is 12.4. The summed E-state index contributed by atoms with van der Waals surface area (Å²) in [7, 11) is -0.442. The van der Waals surface area contributed by atoms with Gasteiger partial charge in [-0.2, -0.15) is 0 Å². The van der Waals surface area contributed by atoms with E-state index < -0.39 is 18.8 Å². The van der Waals surface area contributed by atoms with Gasteiger partial charge in [0.1, 0.15) is 5.60 Å². The summed E-state index contributed by atoms with van der Waals surface area (Å²) in [4.78, 5) is 11.5. The summed E-state index contributed by atoms with van der Waals surface area (Å²) >= 11 is 0. The highest BCUT2D eigenvalue weighted by atomic mass is 16.7. The van der Waals surface area contributed by atoms with Crippen LogP contribution in [0.4, 0.5) is 4.79 Å². The van der Waals surface area contributed by atoms with Crippen LogP contribution < -0.4 is 5.32 Å². The van der Waals surface area contributed by atoms with Crippen molar-refractivity contribution in [2.24, 2.45) is 0 Å². The predicted molar refractivity (Wildman–Crippen MR) is 70.3 cm³/mol. The minimum Gasteiger partial charge on any atom is -0.444 e. The number of nitrogens with one attached hydrogen (secondary N) is 1. The molecule has 0 saturated carbocycles. The summed E-state index contributed by atoms with van der Waals surface area (Å²) in [6, 6.07) is 0. The van der Waals surface area contributed by atoms with Crippen molar-refractivity contribution < 1.29 is 18.8 Å². The van der Waals surface area contributed by atoms with Crippen molar-refractivity contribution in [2.45, 2.75) is 65.3 Å². The van der Waals surface area contributed by atoms with Crippen LogP contribution in [0.2, 0.25) is 0 Å². The highest BCUT2D eigenvalue weighted by Crippen LogP contribution is 2.36. The Kier molecular flexibility index (Phi) is 4.03. The van der Waals surface area contributed by atoms with Crippen molar-refractivity contribution in [2.75, 3.05) is 6.44 Å². The first-order valence-electron chi connectivity index (χ1n) is 6.25. The Balaban J connectivity index is 2.41. The van der Waals surface area contributed by atoms with E-state index in [4.69, 9.17) is 14.0 Å². The SMILES string of the molecule is CC(C)(C)OC(=O)NCB1OC(C)(C)C(C)(C)O1. The fourth-order valence-corrected chi connectivity index (χ4v) is 1.53. The molecular formula is C12H24BNO4. The minimum absolute atomic E-state index is 0.280. The van der Waals surface area contributed by atoms with Gasteiger partial charge in [0.2, 0.25) is 0 Å². The van der Waals surface area contributed by atoms with Crippen LogP contribution in [0.25, 0.3) is 0 Å². The molecule has 0 aromatic heterocycles. The molecule has 1 amide bonds. The highest BCUT2D eigenvalue weighted by molar-refractivity contribution is 6.46. The number of hydrogen-bond acceptors (Lipinski definition) is 4. The van der Waals surface area contributed by atoms with Crippen LogP contribution in [0.1, 0.15) is 48.5 Å². The monoisotopic (exact) mass is 257 g/mol. The summed E-state index contributed by atoms with van der Waals surface area (Å²) in [6.45, 7) is 13.4. The average molecular weight is 257 g/mol. The van der Waals surface area contributed by atoms with E-state index in [-0.39, 0.29) is 17.6 Å². The summed E-state index contributed by atoms with van der Waals surface area (Å²) in [5.41, 5.74) is -1.26. The average Bonchev–Trinajstić information content (AvgIpc) is 2.29. The Morgan fingerprint density at radius 2 is 1.61 bits per heavy atom. The lowest BCUT2D eigenvalue weighted by molar-refractivity contribution is 0.00578. The van der Waals surface area contributed by atoms with Gasteiger partial charge in [0, 0.05) is 0 Å². The summed E-state index contributed by atoms with van der Waals surface area (Å²) < 4.78 is 16.6. The molecule has 1 aliphatic rings. The third kappa shape index (κ3) is 3.88. The van der Waals surface area contributed by atoms with Crippen LogP contribution in [0.5, 0.6) is 0 Å². The van der Waals surface area contributed by atoms with E-state index in [1.54, 1.807) is 0 Å². The molecule has 104 valence electrons. The molecule has 0 atom stereocenters. The Hall–Kier alpha value is -0.745. The van der Waals surface area contributed by atoms with Gasteiger partial charge < -0.3 is 19.4 Å². The van der Waals surface area contributed by atoms with Crippen LogP contribution in [0, 0.1) is 0 Å². The van der Waals surface area contributed by atoms with Gasteiger partial charge in [-0.1, -0.05) is 0 Å². The lowest BCUT2D eigenvalue weighted by atomic mass is 9.90. The molecule has 0 aliphatic carbocycles. The third-order valence-corrected chi connectivity index (χ3v) is 3.11. The molecule has 1 rings (SSSR count). The Labute approximate surface area is 110 Å². The van der Waals surface area contributed by atoms with Crippen LogP contribution in [-0.2, 0) is 14.0 Å². The molecule has 6 heteroatoms. The smallest absolute Gasteiger partial charge is 0.444 e. The number of ether oxygens (including phenoxy) is 1. The second-order valence-electron chi connectivity index (χ2n) is 6.57. The molecule has 0 aromatic carbocycles. The second kappa shape index (κ2) is 4.74. The maximum atomic E-state index is 11.5. The third-order valence-electron chi connectivity index (χ3n) is 3.11. The number of amides is 1. The number of rotatable bonds is 2. The molecule has 0 bridgehead atoms. The molecule has 1 heterocycles. The first-order valence-corrected chi connectivity index (χ1v) is 6.25. The molecule has 5 nitrogen and oxygen atoms in total. The number of carbonyl (C=O) groups excluding carboxylic acids is 1. The summed E-state index contributed by atoms with van der Waals surface area (Å²) in [5.74, 6) is 0. The number of alkyl carbamates (subject to hydrolysis) is 1. The molecule has 0 aromatic rings. The van der Waals surface area contributed by atoms with Crippen LogP contribution >= 0.6 is 0 Å². The second-order valence-corrected chi connectivity index (χ2v) is 6.57. The zero-order valence-electron chi connectivity index (χ0n) is 12.4. The molecule has 0 spiro atoms. The van der Waals surface area contributed by atoms with E-state index in [2.05, 4.69) is 5.32 Å². The summed E-state index contributed by atoms with van der Waals surface area (Å²) in [6.07, 6.45) is -0.181. The first-order chi connectivity index (χ1) is 7.93. The lowest BCUT2D eigenvalue weighted by Gasteiger charge is -2.32. The van der Waals surface area contributed by atoms with Crippen molar-refractivity contribution in [3.8, 4) is 0 Å². The molecule has 1 aliphatic heterocycles. The van der Waals surface area contributed by atoms with E-state index in [0.29, 0.717) is 0 Å². The molecule has 18 heavy (non-hydrogen) atoms. The maximum Gasteiger partial charge on any atom is 0.478 e. The van der Waals surface area contributed by atoms with Crippen molar-refractivity contribution in [1.82, 2.24) is 5.32 Å². The van der Waals surface area contributed by atoms with E-state index >= 15 is 0 Å². The predicted octanol–water partition coefficient (Wildman–Crippen LogP) is 2.14. The number of hydrogen-bond donors (Lipinski definition) is 1. The Bertz CT molecular complexity index is 307. The standard InChI is InChI=1S/C12H24BNO4/c1-10(2,3)16-9(15)14-8-13-17-11(4,5)12(6,7)18-13/h8H2,1-7H3,(H,14,15). The largest absolute Gasteiger partial charge is 0.478 e. The first kappa shape index (κ1) is 15.3. The van der Waals surface area contributed by atoms with E-state index in [0.717, 1.165) is 0 Å². The Morgan fingerprint density at radius 1 is 1.17 bits per heavy atom. The molecule has 1 fully saturated rings. The highest BCUT2D eigenvalue weighted by Gasteiger charge is 2.51. The van der Waals surface area contributed by atoms with Crippen molar-refractivity contribution in [1.29, 1.82) is 0 Å².